The zero-order valence-corrected chi connectivity index (χ0v) is 15.5. The van der Waals surface area contributed by atoms with Gasteiger partial charge in [-0.05, 0) is 36.4 Å². The number of amides is 2. The first kappa shape index (κ1) is 18.2. The molecule has 4 rings (SSSR count). The summed E-state index contributed by atoms with van der Waals surface area (Å²) in [6, 6.07) is 17.4. The van der Waals surface area contributed by atoms with Gasteiger partial charge in [0.2, 0.25) is 0 Å². The number of anilines is 2. The van der Waals surface area contributed by atoms with Crippen molar-refractivity contribution in [2.75, 3.05) is 17.7 Å². The lowest BCUT2D eigenvalue weighted by atomic mass is 10.2. The molecule has 0 radical (unpaired) electrons. The molecule has 4 aromatic rings. The van der Waals surface area contributed by atoms with Gasteiger partial charge in [-0.15, -0.1) is 0 Å². The largest absolute Gasteiger partial charge is 0.494 e. The van der Waals surface area contributed by atoms with Crippen LogP contribution in [0.2, 0.25) is 0 Å². The lowest BCUT2D eigenvalue weighted by Gasteiger charge is -2.12. The van der Waals surface area contributed by atoms with E-state index in [9.17, 15) is 9.59 Å². The minimum absolute atomic E-state index is 0.196. The van der Waals surface area contributed by atoms with Crippen molar-refractivity contribution in [1.82, 2.24) is 4.98 Å². The van der Waals surface area contributed by atoms with Gasteiger partial charge >= 0.3 is 0 Å². The van der Waals surface area contributed by atoms with Crippen LogP contribution in [0.3, 0.4) is 0 Å². The third kappa shape index (κ3) is 3.93. The Bertz CT molecular complexity index is 1150. The maximum atomic E-state index is 12.6. The Balaban J connectivity index is 1.52. The fourth-order valence-corrected chi connectivity index (χ4v) is 2.85. The first-order valence-electron chi connectivity index (χ1n) is 8.83. The molecule has 0 aliphatic rings. The average molecular weight is 387 g/mol. The predicted octanol–water partition coefficient (Wildman–Crippen LogP) is 4.34. The van der Waals surface area contributed by atoms with Gasteiger partial charge in [0.1, 0.15) is 11.3 Å². The number of carbonyl (C=O) groups excluding carboxylic acids is 2. The maximum absolute atomic E-state index is 12.6. The van der Waals surface area contributed by atoms with Crippen LogP contribution in [0, 0.1) is 0 Å². The van der Waals surface area contributed by atoms with Gasteiger partial charge in [-0.25, -0.2) is 0 Å². The quantitative estimate of drug-likeness (QED) is 0.531. The molecule has 7 nitrogen and oxygen atoms in total. The van der Waals surface area contributed by atoms with Gasteiger partial charge in [0.05, 0.1) is 18.4 Å². The number of ether oxygens (including phenoxy) is 1. The summed E-state index contributed by atoms with van der Waals surface area (Å²) in [7, 11) is 1.49. The second kappa shape index (κ2) is 7.85. The molecule has 7 heteroatoms. The van der Waals surface area contributed by atoms with Gasteiger partial charge < -0.3 is 19.8 Å². The number of carbonyl (C=O) groups is 2. The second-order valence-electron chi connectivity index (χ2n) is 6.21. The van der Waals surface area contributed by atoms with Crippen molar-refractivity contribution in [3.63, 3.8) is 0 Å². The molecule has 0 saturated heterocycles. The highest BCUT2D eigenvalue weighted by Gasteiger charge is 2.15. The zero-order chi connectivity index (χ0) is 20.2. The SMILES string of the molecule is COc1cc(NC(=O)c2cccnc2)ccc1NC(=O)c1cc2ccccc2o1. The van der Waals surface area contributed by atoms with Crippen molar-refractivity contribution in [3.8, 4) is 5.75 Å². The van der Waals surface area contributed by atoms with Crippen molar-refractivity contribution in [2.24, 2.45) is 0 Å². The van der Waals surface area contributed by atoms with Gasteiger partial charge in [0.25, 0.3) is 11.8 Å². The summed E-state index contributed by atoms with van der Waals surface area (Å²) >= 11 is 0. The summed E-state index contributed by atoms with van der Waals surface area (Å²) in [5, 5.41) is 6.39. The fraction of sp³-hybridized carbons (Fsp3) is 0.0455. The molecule has 0 fully saturated rings. The van der Waals surface area contributed by atoms with E-state index in [1.807, 2.05) is 18.2 Å². The molecule has 0 atom stereocenters. The number of hydrogen-bond donors (Lipinski definition) is 2. The number of pyridine rings is 1. The Morgan fingerprint density at radius 2 is 1.83 bits per heavy atom. The summed E-state index contributed by atoms with van der Waals surface area (Å²) in [4.78, 5) is 28.8. The molecule has 2 N–H and O–H groups in total. The summed E-state index contributed by atoms with van der Waals surface area (Å²) in [6.45, 7) is 0. The highest BCUT2D eigenvalue weighted by Crippen LogP contribution is 2.29. The van der Waals surface area contributed by atoms with Gasteiger partial charge in [-0.1, -0.05) is 18.2 Å². The van der Waals surface area contributed by atoms with Crippen LogP contribution in [0.25, 0.3) is 11.0 Å². The predicted molar refractivity (Wildman–Crippen MR) is 109 cm³/mol. The topological polar surface area (TPSA) is 93.5 Å². The number of methoxy groups -OCH3 is 1. The monoisotopic (exact) mass is 387 g/mol. The molecule has 2 heterocycles. The molecule has 0 aliphatic heterocycles. The minimum atomic E-state index is -0.397. The molecule has 0 saturated carbocycles. The smallest absolute Gasteiger partial charge is 0.291 e. The van der Waals surface area contributed by atoms with Crippen molar-refractivity contribution in [2.45, 2.75) is 0 Å². The number of benzene rings is 2. The molecular formula is C22H17N3O4. The third-order valence-electron chi connectivity index (χ3n) is 4.28. The molecule has 29 heavy (non-hydrogen) atoms. The summed E-state index contributed by atoms with van der Waals surface area (Å²) in [5.74, 6) is -0.0912. The standard InChI is InChI=1S/C22H17N3O4/c1-28-19-12-16(24-21(26)15-6-4-10-23-13-15)8-9-17(19)25-22(27)20-11-14-5-2-3-7-18(14)29-20/h2-13H,1H3,(H,24,26)(H,25,27). The average Bonchev–Trinajstić information content (AvgIpc) is 3.20. The van der Waals surface area contributed by atoms with E-state index in [0.717, 1.165) is 5.39 Å². The summed E-state index contributed by atoms with van der Waals surface area (Å²) in [6.07, 6.45) is 3.08. The second-order valence-corrected chi connectivity index (χ2v) is 6.21. The zero-order valence-electron chi connectivity index (χ0n) is 15.5. The minimum Gasteiger partial charge on any atom is -0.494 e. The Hall–Kier alpha value is -4.13. The first-order valence-corrected chi connectivity index (χ1v) is 8.83. The third-order valence-corrected chi connectivity index (χ3v) is 4.28. The van der Waals surface area contributed by atoms with Crippen molar-refractivity contribution in [3.05, 3.63) is 84.4 Å². The molecule has 2 amide bonds. The van der Waals surface area contributed by atoms with Gasteiger partial charge in [0, 0.05) is 29.5 Å². The number of furan rings is 1. The van der Waals surface area contributed by atoms with E-state index in [1.54, 1.807) is 48.7 Å². The first-order chi connectivity index (χ1) is 14.1. The van der Waals surface area contributed by atoms with Crippen LogP contribution < -0.4 is 15.4 Å². The summed E-state index contributed by atoms with van der Waals surface area (Å²) < 4.78 is 10.9. The number of para-hydroxylation sites is 1. The van der Waals surface area contributed by atoms with Gasteiger partial charge in [-0.2, -0.15) is 0 Å². The Kier molecular flexibility index (Phi) is 4.94. The highest BCUT2D eigenvalue weighted by molar-refractivity contribution is 6.06. The lowest BCUT2D eigenvalue weighted by molar-refractivity contribution is 0.0996. The Labute approximate surface area is 166 Å². The number of hydrogen-bond acceptors (Lipinski definition) is 5. The van der Waals surface area contributed by atoms with Gasteiger partial charge in [-0.3, -0.25) is 14.6 Å². The molecule has 0 aliphatic carbocycles. The Morgan fingerprint density at radius 1 is 0.966 bits per heavy atom. The van der Waals surface area contributed by atoms with E-state index < -0.39 is 5.91 Å². The fourth-order valence-electron chi connectivity index (χ4n) is 2.85. The molecular weight excluding hydrogens is 370 g/mol. The number of nitrogens with zero attached hydrogens (tertiary/aromatic N) is 1. The lowest BCUT2D eigenvalue weighted by Crippen LogP contribution is -2.14. The molecule has 0 spiro atoms. The normalized spacial score (nSPS) is 10.5. The maximum Gasteiger partial charge on any atom is 0.291 e. The Morgan fingerprint density at radius 3 is 2.59 bits per heavy atom. The van der Waals surface area contributed by atoms with E-state index in [2.05, 4.69) is 15.6 Å². The van der Waals surface area contributed by atoms with E-state index >= 15 is 0 Å². The van der Waals surface area contributed by atoms with Crippen molar-refractivity contribution in [1.29, 1.82) is 0 Å². The van der Waals surface area contributed by atoms with Crippen LogP contribution in [0.5, 0.6) is 5.75 Å². The van der Waals surface area contributed by atoms with E-state index in [1.165, 1.54) is 13.3 Å². The van der Waals surface area contributed by atoms with Crippen LogP contribution >= 0.6 is 0 Å². The van der Waals surface area contributed by atoms with Crippen LogP contribution in [0.1, 0.15) is 20.9 Å². The number of aromatic nitrogens is 1. The van der Waals surface area contributed by atoms with Crippen LogP contribution in [0.4, 0.5) is 11.4 Å². The number of rotatable bonds is 5. The highest BCUT2D eigenvalue weighted by atomic mass is 16.5. The summed E-state index contributed by atoms with van der Waals surface area (Å²) in [5.41, 5.74) is 2.06. The molecule has 2 aromatic heterocycles. The number of fused-ring (bicyclic) bond motifs is 1. The molecule has 2 aromatic carbocycles. The van der Waals surface area contributed by atoms with Crippen molar-refractivity contribution >= 4 is 34.2 Å². The molecule has 0 unspecified atom stereocenters. The molecule has 144 valence electrons. The number of nitrogens with one attached hydrogen (secondary N) is 2. The van der Waals surface area contributed by atoms with Crippen molar-refractivity contribution < 1.29 is 18.7 Å². The van der Waals surface area contributed by atoms with Crippen LogP contribution in [0.15, 0.2) is 77.5 Å². The van der Waals surface area contributed by atoms with E-state index in [-0.39, 0.29) is 11.7 Å². The molecule has 0 bridgehead atoms. The van der Waals surface area contributed by atoms with E-state index in [0.29, 0.717) is 28.3 Å². The van der Waals surface area contributed by atoms with Gasteiger partial charge in [0.15, 0.2) is 5.76 Å². The van der Waals surface area contributed by atoms with E-state index in [4.69, 9.17) is 9.15 Å². The van der Waals surface area contributed by atoms with Crippen LogP contribution in [-0.2, 0) is 0 Å². The van der Waals surface area contributed by atoms with Crippen LogP contribution in [-0.4, -0.2) is 23.9 Å².